The Balaban J connectivity index is 2.92. The molecule has 1 heterocycles. The van der Waals surface area contributed by atoms with E-state index in [2.05, 4.69) is 14.4 Å². The highest BCUT2D eigenvalue weighted by Gasteiger charge is 1.92. The normalized spacial score (nSPS) is 9.75. The van der Waals surface area contributed by atoms with Crippen LogP contribution in [0.1, 0.15) is 5.82 Å². The highest BCUT2D eigenvalue weighted by molar-refractivity contribution is 7.14. The van der Waals surface area contributed by atoms with Gasteiger partial charge >= 0.3 is 0 Å². The monoisotopic (exact) mass is 148 g/mol. The molecule has 2 nitrogen and oxygen atoms in total. The van der Waals surface area contributed by atoms with Crippen LogP contribution in [-0.4, -0.2) is 9.32 Å². The van der Waals surface area contributed by atoms with Gasteiger partial charge in [0.2, 0.25) is 0 Å². The third kappa shape index (κ3) is 1.01. The number of nitrogens with zero attached hydrogens (tertiary/aromatic N) is 2. The first-order valence-electron chi connectivity index (χ1n) is 2.18. The van der Waals surface area contributed by atoms with Crippen LogP contribution in [0, 0.1) is 0 Å². The van der Waals surface area contributed by atoms with Gasteiger partial charge in [-0.1, -0.05) is 0 Å². The maximum Gasteiger partial charge on any atom is 0.126 e. The second kappa shape index (κ2) is 2.47. The molecular weight excluding hydrogens is 142 g/mol. The Morgan fingerprint density at radius 3 is 2.88 bits per heavy atom. The topological polar surface area (TPSA) is 17.8 Å². The molecule has 0 aliphatic heterocycles. The van der Waals surface area contributed by atoms with Crippen molar-refractivity contribution in [2.45, 2.75) is 5.88 Å². The van der Waals surface area contributed by atoms with Crippen molar-refractivity contribution in [2.24, 2.45) is 0 Å². The molecule has 0 amide bonds. The molecule has 4 heteroatoms. The Hall–Kier alpha value is -0.0700. The summed E-state index contributed by atoms with van der Waals surface area (Å²) in [6.45, 7) is 0. The molecule has 0 fully saturated rings. The fourth-order valence-electron chi connectivity index (χ4n) is 0.447. The van der Waals surface area contributed by atoms with Crippen molar-refractivity contribution in [1.82, 2.24) is 9.32 Å². The lowest BCUT2D eigenvalue weighted by atomic mass is 10.7. The maximum atomic E-state index is 5.48. The van der Waals surface area contributed by atoms with E-state index >= 15 is 0 Å². The zero-order valence-corrected chi connectivity index (χ0v) is 6.12. The number of imidazole rings is 1. The number of rotatable bonds is 1. The number of halogens is 1. The summed E-state index contributed by atoms with van der Waals surface area (Å²) in [6.07, 6.45) is 3.55. The molecule has 1 aromatic rings. The van der Waals surface area contributed by atoms with Gasteiger partial charge in [0.25, 0.3) is 0 Å². The molecule has 1 rings (SSSR count). The van der Waals surface area contributed by atoms with Gasteiger partial charge in [-0.2, -0.15) is 0 Å². The summed E-state index contributed by atoms with van der Waals surface area (Å²) in [6, 6.07) is 0. The third-order valence-electron chi connectivity index (χ3n) is 0.868. The molecule has 0 bridgehead atoms. The van der Waals surface area contributed by atoms with E-state index in [-0.39, 0.29) is 0 Å². The predicted octanol–water partition coefficient (Wildman–Crippen LogP) is 1.26. The zero-order chi connectivity index (χ0) is 5.98. The molecule has 1 unspecified atom stereocenters. The summed E-state index contributed by atoms with van der Waals surface area (Å²) in [4.78, 5) is 3.94. The van der Waals surface area contributed by atoms with E-state index < -0.39 is 0 Å². The highest BCUT2D eigenvalue weighted by Crippen LogP contribution is 2.03. The second-order valence-electron chi connectivity index (χ2n) is 1.38. The van der Waals surface area contributed by atoms with Gasteiger partial charge in [0.15, 0.2) is 0 Å². The fourth-order valence-corrected chi connectivity index (χ4v) is 1.01. The van der Waals surface area contributed by atoms with Crippen molar-refractivity contribution in [1.29, 1.82) is 0 Å². The van der Waals surface area contributed by atoms with Gasteiger partial charge in [-0.05, 0) is 9.39 Å². The van der Waals surface area contributed by atoms with E-state index in [0.717, 1.165) is 5.82 Å². The van der Waals surface area contributed by atoms with E-state index in [1.807, 2.05) is 10.5 Å². The highest BCUT2D eigenvalue weighted by atomic mass is 35.5. The molecule has 0 aliphatic carbocycles. The Morgan fingerprint density at radius 1 is 1.88 bits per heavy atom. The fraction of sp³-hybridized carbons (Fsp3) is 0.250. The van der Waals surface area contributed by atoms with Crippen LogP contribution in [0.3, 0.4) is 0 Å². The average molecular weight is 149 g/mol. The molecule has 0 saturated carbocycles. The van der Waals surface area contributed by atoms with Crippen molar-refractivity contribution < 1.29 is 0 Å². The molecule has 44 valence electrons. The van der Waals surface area contributed by atoms with Gasteiger partial charge in [-0.25, -0.2) is 4.98 Å². The van der Waals surface area contributed by atoms with Crippen LogP contribution < -0.4 is 0 Å². The van der Waals surface area contributed by atoms with Gasteiger partial charge in [0, 0.05) is 12.4 Å². The Labute approximate surface area is 55.1 Å². The molecule has 8 heavy (non-hydrogen) atoms. The number of alkyl halides is 1. The Morgan fingerprint density at radius 2 is 2.62 bits per heavy atom. The standard InChI is InChI=1S/C4H6ClN2P/c5-3-4-6-1-2-7(4)8/h1-2H,3,8H2. The summed E-state index contributed by atoms with van der Waals surface area (Å²) in [5, 5.41) is 0. The van der Waals surface area contributed by atoms with Crippen molar-refractivity contribution >= 4 is 21.0 Å². The predicted molar refractivity (Wildman–Crippen MR) is 36.9 cm³/mol. The maximum absolute atomic E-state index is 5.48. The van der Waals surface area contributed by atoms with Gasteiger partial charge in [0.1, 0.15) is 5.82 Å². The minimum atomic E-state index is 0.469. The van der Waals surface area contributed by atoms with Crippen molar-refractivity contribution in [3.8, 4) is 0 Å². The molecule has 1 atom stereocenters. The Kier molecular flexibility index (Phi) is 1.87. The van der Waals surface area contributed by atoms with E-state index in [4.69, 9.17) is 11.6 Å². The summed E-state index contributed by atoms with van der Waals surface area (Å²) in [7, 11) is 2.49. The van der Waals surface area contributed by atoms with Crippen LogP contribution in [0.15, 0.2) is 12.4 Å². The molecule has 0 saturated heterocycles. The molecule has 0 aliphatic rings. The Bertz CT molecular complexity index is 174. The number of hydrogen-bond acceptors (Lipinski definition) is 1. The second-order valence-corrected chi connectivity index (χ2v) is 2.21. The number of hydrogen-bond donors (Lipinski definition) is 0. The van der Waals surface area contributed by atoms with Gasteiger partial charge in [-0.3, -0.25) is 0 Å². The molecule has 1 aromatic heterocycles. The van der Waals surface area contributed by atoms with Crippen LogP contribution >= 0.6 is 21.0 Å². The average Bonchev–Trinajstić information content (AvgIpc) is 2.14. The van der Waals surface area contributed by atoms with Crippen LogP contribution in [0.25, 0.3) is 0 Å². The van der Waals surface area contributed by atoms with E-state index in [0.29, 0.717) is 5.88 Å². The van der Waals surface area contributed by atoms with Gasteiger partial charge in [-0.15, -0.1) is 11.6 Å². The lowest BCUT2D eigenvalue weighted by molar-refractivity contribution is 1.07. The summed E-state index contributed by atoms with van der Waals surface area (Å²) < 4.78 is 1.81. The third-order valence-corrected chi connectivity index (χ3v) is 1.58. The van der Waals surface area contributed by atoms with Crippen LogP contribution in [-0.2, 0) is 5.88 Å². The van der Waals surface area contributed by atoms with Crippen LogP contribution in [0.5, 0.6) is 0 Å². The lowest BCUT2D eigenvalue weighted by Crippen LogP contribution is -1.84. The zero-order valence-electron chi connectivity index (χ0n) is 4.21. The van der Waals surface area contributed by atoms with E-state index in [1.165, 1.54) is 0 Å². The van der Waals surface area contributed by atoms with E-state index in [9.17, 15) is 0 Å². The first kappa shape index (κ1) is 6.06. The van der Waals surface area contributed by atoms with Crippen molar-refractivity contribution in [3.05, 3.63) is 18.2 Å². The molecular formula is C4H6ClN2P. The molecule has 0 spiro atoms. The summed E-state index contributed by atoms with van der Waals surface area (Å²) in [5.74, 6) is 1.34. The first-order chi connectivity index (χ1) is 3.84. The van der Waals surface area contributed by atoms with Crippen molar-refractivity contribution in [3.63, 3.8) is 0 Å². The molecule has 0 radical (unpaired) electrons. The van der Waals surface area contributed by atoms with Gasteiger partial charge in [0.05, 0.1) is 5.88 Å². The van der Waals surface area contributed by atoms with E-state index in [1.54, 1.807) is 6.20 Å². The first-order valence-corrected chi connectivity index (χ1v) is 3.23. The summed E-state index contributed by atoms with van der Waals surface area (Å²) >= 11 is 5.48. The lowest BCUT2D eigenvalue weighted by Gasteiger charge is -1.91. The molecule has 0 N–H and O–H groups in total. The largest absolute Gasteiger partial charge is 0.318 e. The van der Waals surface area contributed by atoms with Gasteiger partial charge < -0.3 is 4.34 Å². The van der Waals surface area contributed by atoms with Crippen molar-refractivity contribution in [2.75, 3.05) is 0 Å². The minimum absolute atomic E-state index is 0.469. The summed E-state index contributed by atoms with van der Waals surface area (Å²) in [5.41, 5.74) is 0. The van der Waals surface area contributed by atoms with Crippen LogP contribution in [0.4, 0.5) is 0 Å². The minimum Gasteiger partial charge on any atom is -0.318 e. The van der Waals surface area contributed by atoms with Crippen LogP contribution in [0.2, 0.25) is 0 Å². The SMILES string of the molecule is Pn1ccnc1CCl. The smallest absolute Gasteiger partial charge is 0.126 e. The quantitative estimate of drug-likeness (QED) is 0.433. The number of aromatic nitrogens is 2. The molecule has 0 aromatic carbocycles.